The number of benzene rings is 2. The third-order valence-corrected chi connectivity index (χ3v) is 5.31. The second-order valence-electron chi connectivity index (χ2n) is 6.87. The number of nitrogens with zero attached hydrogens (tertiary/aromatic N) is 3. The van der Waals surface area contributed by atoms with Crippen LogP contribution in [0.25, 0.3) is 11.0 Å². The molecule has 0 aliphatic carbocycles. The fraction of sp³-hybridized carbons (Fsp3) is 0.300. The highest BCUT2D eigenvalue weighted by Crippen LogP contribution is 2.32. The van der Waals surface area contributed by atoms with Crippen LogP contribution in [0.3, 0.4) is 0 Å². The van der Waals surface area contributed by atoms with E-state index in [0.717, 1.165) is 48.6 Å². The smallest absolute Gasteiger partial charge is 0.322 e. The van der Waals surface area contributed by atoms with Crippen molar-refractivity contribution in [3.8, 4) is 0 Å². The minimum Gasteiger partial charge on any atom is -0.378 e. The van der Waals surface area contributed by atoms with Crippen molar-refractivity contribution in [1.82, 2.24) is 15.3 Å². The highest BCUT2D eigenvalue weighted by Gasteiger charge is 2.33. The number of aromatic amines is 1. The first-order valence-corrected chi connectivity index (χ1v) is 9.22. The van der Waals surface area contributed by atoms with Gasteiger partial charge in [0.1, 0.15) is 0 Å². The van der Waals surface area contributed by atoms with Crippen molar-refractivity contribution in [3.05, 3.63) is 54.4 Å². The molecule has 138 valence electrons. The Morgan fingerprint density at radius 3 is 2.63 bits per heavy atom. The predicted molar refractivity (Wildman–Crippen MR) is 104 cm³/mol. The zero-order valence-corrected chi connectivity index (χ0v) is 14.9. The van der Waals surface area contributed by atoms with E-state index in [9.17, 15) is 4.79 Å². The number of morpholine rings is 1. The Hall–Kier alpha value is -3.06. The van der Waals surface area contributed by atoms with E-state index in [1.807, 2.05) is 23.1 Å². The molecule has 3 heterocycles. The van der Waals surface area contributed by atoms with Crippen molar-refractivity contribution < 1.29 is 9.53 Å². The number of rotatable bonds is 3. The molecule has 7 heteroatoms. The van der Waals surface area contributed by atoms with Crippen LogP contribution in [0.1, 0.15) is 11.6 Å². The van der Waals surface area contributed by atoms with Gasteiger partial charge in [0, 0.05) is 31.0 Å². The molecule has 7 nitrogen and oxygen atoms in total. The van der Waals surface area contributed by atoms with E-state index in [1.165, 1.54) is 5.69 Å². The van der Waals surface area contributed by atoms with Crippen LogP contribution in [-0.2, 0) is 4.74 Å². The van der Waals surface area contributed by atoms with Gasteiger partial charge in [-0.3, -0.25) is 4.90 Å². The maximum absolute atomic E-state index is 12.5. The van der Waals surface area contributed by atoms with Crippen molar-refractivity contribution in [2.24, 2.45) is 0 Å². The summed E-state index contributed by atoms with van der Waals surface area (Å²) in [5, 5.41) is 2.97. The molecule has 1 aromatic heterocycles. The number of fused-ring (bicyclic) bond motifs is 1. The average molecular weight is 363 g/mol. The predicted octanol–water partition coefficient (Wildman–Crippen LogP) is 2.67. The quantitative estimate of drug-likeness (QED) is 0.750. The van der Waals surface area contributed by atoms with Gasteiger partial charge in [-0.15, -0.1) is 0 Å². The molecule has 0 radical (unpaired) electrons. The van der Waals surface area contributed by atoms with Crippen LogP contribution in [0.15, 0.2) is 48.8 Å². The topological polar surface area (TPSA) is 73.5 Å². The molecule has 27 heavy (non-hydrogen) atoms. The van der Waals surface area contributed by atoms with Crippen molar-refractivity contribution in [3.63, 3.8) is 0 Å². The van der Waals surface area contributed by atoms with Crippen molar-refractivity contribution in [2.75, 3.05) is 42.6 Å². The summed E-state index contributed by atoms with van der Waals surface area (Å²) in [5.41, 5.74) is 4.99. The van der Waals surface area contributed by atoms with Crippen molar-refractivity contribution in [1.29, 1.82) is 0 Å². The van der Waals surface area contributed by atoms with Crippen LogP contribution in [0.2, 0.25) is 0 Å². The number of ether oxygens (including phenoxy) is 1. The van der Waals surface area contributed by atoms with E-state index in [4.69, 9.17) is 4.74 Å². The highest BCUT2D eigenvalue weighted by molar-refractivity contribution is 5.97. The number of hydrogen-bond donors (Lipinski definition) is 2. The molecule has 3 aromatic rings. The number of urea groups is 1. The largest absolute Gasteiger partial charge is 0.378 e. The van der Waals surface area contributed by atoms with Gasteiger partial charge in [-0.2, -0.15) is 0 Å². The molecule has 2 fully saturated rings. The number of carbonyl (C=O) groups is 1. The van der Waals surface area contributed by atoms with Gasteiger partial charge in [-0.1, -0.05) is 12.1 Å². The summed E-state index contributed by atoms with van der Waals surface area (Å²) in [6, 6.07) is 14.3. The lowest BCUT2D eigenvalue weighted by molar-refractivity contribution is 0.122. The zero-order valence-electron chi connectivity index (χ0n) is 14.9. The SMILES string of the molecule is O=C1NCC(c2ccc(N3CCOCC3)cc2)N1c1ccc2[nH]cnc2c1. The summed E-state index contributed by atoms with van der Waals surface area (Å²) in [6.45, 7) is 3.96. The minimum atomic E-state index is -0.0767. The van der Waals surface area contributed by atoms with Crippen LogP contribution in [-0.4, -0.2) is 48.8 Å². The van der Waals surface area contributed by atoms with E-state index in [-0.39, 0.29) is 12.1 Å². The molecule has 2 aliphatic rings. The lowest BCUT2D eigenvalue weighted by atomic mass is 10.0. The minimum absolute atomic E-state index is 0.0346. The number of amides is 2. The van der Waals surface area contributed by atoms with Crippen LogP contribution in [0, 0.1) is 0 Å². The summed E-state index contributed by atoms with van der Waals surface area (Å²) in [7, 11) is 0. The second kappa shape index (κ2) is 6.59. The van der Waals surface area contributed by atoms with Crippen molar-refractivity contribution >= 4 is 28.4 Å². The van der Waals surface area contributed by atoms with E-state index < -0.39 is 0 Å². The fourth-order valence-corrected chi connectivity index (χ4v) is 3.87. The number of imidazole rings is 1. The van der Waals surface area contributed by atoms with E-state index in [2.05, 4.69) is 44.5 Å². The molecule has 2 saturated heterocycles. The van der Waals surface area contributed by atoms with Crippen LogP contribution in [0.5, 0.6) is 0 Å². The molecule has 0 bridgehead atoms. The van der Waals surface area contributed by atoms with Crippen LogP contribution in [0.4, 0.5) is 16.2 Å². The number of anilines is 2. The normalized spacial score (nSPS) is 20.3. The summed E-state index contributed by atoms with van der Waals surface area (Å²) in [4.78, 5) is 24.0. The number of aromatic nitrogens is 2. The number of hydrogen-bond acceptors (Lipinski definition) is 4. The Balaban J connectivity index is 1.43. The monoisotopic (exact) mass is 363 g/mol. The Morgan fingerprint density at radius 2 is 1.81 bits per heavy atom. The Bertz CT molecular complexity index is 962. The molecular formula is C20H21N5O2. The first kappa shape index (κ1) is 16.1. The van der Waals surface area contributed by atoms with Gasteiger partial charge in [0.2, 0.25) is 0 Å². The Kier molecular flexibility index (Phi) is 3.94. The van der Waals surface area contributed by atoms with Gasteiger partial charge in [0.15, 0.2) is 0 Å². The van der Waals surface area contributed by atoms with Gasteiger partial charge in [0.05, 0.1) is 36.6 Å². The van der Waals surface area contributed by atoms with Crippen LogP contribution < -0.4 is 15.1 Å². The Labute approximate surface area is 156 Å². The second-order valence-corrected chi connectivity index (χ2v) is 6.87. The Morgan fingerprint density at radius 1 is 1.04 bits per heavy atom. The number of carbonyl (C=O) groups excluding carboxylic acids is 1. The molecule has 5 rings (SSSR count). The molecule has 2 N–H and O–H groups in total. The highest BCUT2D eigenvalue weighted by atomic mass is 16.5. The molecule has 2 amide bonds. The average Bonchev–Trinajstić information content (AvgIpc) is 3.34. The number of nitrogens with one attached hydrogen (secondary N) is 2. The fourth-order valence-electron chi connectivity index (χ4n) is 3.87. The van der Waals surface area contributed by atoms with Crippen LogP contribution >= 0.6 is 0 Å². The molecule has 1 atom stereocenters. The van der Waals surface area contributed by atoms with Crippen molar-refractivity contribution in [2.45, 2.75) is 6.04 Å². The molecule has 1 unspecified atom stereocenters. The summed E-state index contributed by atoms with van der Waals surface area (Å²) in [6.07, 6.45) is 1.67. The van der Waals surface area contributed by atoms with Gasteiger partial charge < -0.3 is 19.9 Å². The summed E-state index contributed by atoms with van der Waals surface area (Å²) < 4.78 is 5.42. The first-order valence-electron chi connectivity index (χ1n) is 9.22. The van der Waals surface area contributed by atoms with Gasteiger partial charge in [-0.05, 0) is 35.9 Å². The third kappa shape index (κ3) is 2.90. The standard InChI is InChI=1S/C20H21N5O2/c26-20-21-12-19(25(20)16-5-6-17-18(11-16)23-13-22-17)14-1-3-15(4-2-14)24-7-9-27-10-8-24/h1-6,11,13,19H,7-10,12H2,(H,21,26)(H,22,23). The molecular weight excluding hydrogens is 342 g/mol. The molecule has 2 aliphatic heterocycles. The van der Waals surface area contributed by atoms with E-state index in [0.29, 0.717) is 6.54 Å². The van der Waals surface area contributed by atoms with E-state index in [1.54, 1.807) is 6.33 Å². The maximum atomic E-state index is 12.5. The zero-order chi connectivity index (χ0) is 18.2. The van der Waals surface area contributed by atoms with Gasteiger partial charge in [0.25, 0.3) is 0 Å². The lowest BCUT2D eigenvalue weighted by Crippen LogP contribution is -2.36. The first-order chi connectivity index (χ1) is 13.3. The van der Waals surface area contributed by atoms with Gasteiger partial charge in [-0.25, -0.2) is 9.78 Å². The van der Waals surface area contributed by atoms with Gasteiger partial charge >= 0.3 is 6.03 Å². The lowest BCUT2D eigenvalue weighted by Gasteiger charge is -2.29. The number of H-pyrrole nitrogens is 1. The maximum Gasteiger partial charge on any atom is 0.322 e. The third-order valence-electron chi connectivity index (χ3n) is 5.31. The summed E-state index contributed by atoms with van der Waals surface area (Å²) >= 11 is 0. The molecule has 0 spiro atoms. The molecule has 2 aromatic carbocycles. The summed E-state index contributed by atoms with van der Waals surface area (Å²) in [5.74, 6) is 0. The van der Waals surface area contributed by atoms with E-state index >= 15 is 0 Å². The molecule has 0 saturated carbocycles.